The molecule has 4 aromatic rings. The van der Waals surface area contributed by atoms with Gasteiger partial charge in [-0.15, -0.1) is 0 Å². The van der Waals surface area contributed by atoms with Crippen LogP contribution in [0.2, 0.25) is 0 Å². The molecule has 9 heteroatoms. The Morgan fingerprint density at radius 1 is 1.00 bits per heavy atom. The number of aromatic nitrogens is 2. The van der Waals surface area contributed by atoms with E-state index in [1.807, 2.05) is 0 Å². The van der Waals surface area contributed by atoms with Crippen molar-refractivity contribution in [2.24, 2.45) is 5.73 Å². The number of benzene rings is 2. The van der Waals surface area contributed by atoms with Crippen LogP contribution in [0.5, 0.6) is 0 Å². The molecule has 0 fully saturated rings. The fourth-order valence-electron chi connectivity index (χ4n) is 2.25. The lowest BCUT2D eigenvalue weighted by Crippen LogP contribution is -2.19. The average molecular weight is 327 g/mol. The second kappa shape index (κ2) is 5.23. The number of oxazole rings is 2. The summed E-state index contributed by atoms with van der Waals surface area (Å²) >= 11 is 0. The van der Waals surface area contributed by atoms with E-state index in [2.05, 4.69) is 20.6 Å². The van der Waals surface area contributed by atoms with Crippen LogP contribution in [0.4, 0.5) is 26.9 Å². The highest BCUT2D eigenvalue weighted by atomic mass is 19.1. The van der Waals surface area contributed by atoms with Gasteiger partial charge in [0.25, 0.3) is 0 Å². The quantitative estimate of drug-likeness (QED) is 0.531. The van der Waals surface area contributed by atoms with E-state index in [0.717, 1.165) is 0 Å². The van der Waals surface area contributed by atoms with E-state index in [4.69, 9.17) is 14.6 Å². The Bertz CT molecular complexity index is 1070. The highest BCUT2D eigenvalue weighted by molar-refractivity contribution is 5.90. The molecular formula is C15H10FN5O3. The van der Waals surface area contributed by atoms with Gasteiger partial charge in [-0.3, -0.25) is 5.32 Å². The molecule has 0 aliphatic rings. The number of urea groups is 1. The van der Waals surface area contributed by atoms with Crippen LogP contribution in [0, 0.1) is 5.82 Å². The summed E-state index contributed by atoms with van der Waals surface area (Å²) in [5, 5.41) is 5.22. The Morgan fingerprint density at radius 2 is 1.62 bits per heavy atom. The zero-order chi connectivity index (χ0) is 16.7. The normalized spacial score (nSPS) is 11.0. The molecule has 0 radical (unpaired) electrons. The topological polar surface area (TPSA) is 119 Å². The summed E-state index contributed by atoms with van der Waals surface area (Å²) < 4.78 is 24.1. The van der Waals surface area contributed by atoms with Crippen LogP contribution >= 0.6 is 0 Å². The molecule has 0 aliphatic heterocycles. The van der Waals surface area contributed by atoms with Crippen LogP contribution in [-0.2, 0) is 0 Å². The minimum Gasteiger partial charge on any atom is -0.423 e. The Balaban J connectivity index is 1.64. The second-order valence-electron chi connectivity index (χ2n) is 4.95. The zero-order valence-electron chi connectivity index (χ0n) is 12.0. The van der Waals surface area contributed by atoms with Crippen molar-refractivity contribution in [1.82, 2.24) is 9.97 Å². The Morgan fingerprint density at radius 3 is 2.29 bits per heavy atom. The molecular weight excluding hydrogens is 317 g/mol. The molecule has 0 atom stereocenters. The lowest BCUT2D eigenvalue weighted by Gasteiger charge is -1.99. The number of nitrogens with two attached hydrogens (primary N) is 1. The first-order chi connectivity index (χ1) is 11.6. The monoisotopic (exact) mass is 327 g/mol. The van der Waals surface area contributed by atoms with Gasteiger partial charge < -0.3 is 19.9 Å². The number of carbonyl (C=O) groups excluding carboxylic acids is 1. The number of nitrogens with one attached hydrogen (secondary N) is 2. The molecule has 24 heavy (non-hydrogen) atoms. The maximum absolute atomic E-state index is 13.2. The van der Waals surface area contributed by atoms with Gasteiger partial charge in [0, 0.05) is 11.8 Å². The van der Waals surface area contributed by atoms with E-state index in [1.54, 1.807) is 18.2 Å². The SMILES string of the molecule is NC(=O)Nc1ccc2oc(Nc3nc4cc(F)ccc4o3)nc2c1. The van der Waals surface area contributed by atoms with Gasteiger partial charge in [-0.2, -0.15) is 9.97 Å². The number of hydrogen-bond donors (Lipinski definition) is 3. The van der Waals surface area contributed by atoms with Crippen molar-refractivity contribution in [2.45, 2.75) is 0 Å². The summed E-state index contributed by atoms with van der Waals surface area (Å²) in [5.74, 6) is -0.404. The summed E-state index contributed by atoms with van der Waals surface area (Å²) in [6.07, 6.45) is 0. The van der Waals surface area contributed by atoms with Gasteiger partial charge in [0.15, 0.2) is 11.2 Å². The number of anilines is 3. The first-order valence-electron chi connectivity index (χ1n) is 6.87. The minimum absolute atomic E-state index is 0.123. The van der Waals surface area contributed by atoms with E-state index < -0.39 is 11.8 Å². The van der Waals surface area contributed by atoms with Gasteiger partial charge in [0.1, 0.15) is 16.9 Å². The first kappa shape index (κ1) is 14.0. The third-order valence-corrected chi connectivity index (χ3v) is 3.22. The van der Waals surface area contributed by atoms with Gasteiger partial charge in [-0.05, 0) is 30.3 Å². The maximum atomic E-state index is 13.2. The molecule has 2 heterocycles. The number of primary amides is 1. The van der Waals surface area contributed by atoms with E-state index in [1.165, 1.54) is 18.2 Å². The highest BCUT2D eigenvalue weighted by Crippen LogP contribution is 2.26. The third kappa shape index (κ3) is 2.58. The van der Waals surface area contributed by atoms with Crippen molar-refractivity contribution in [2.75, 3.05) is 10.6 Å². The zero-order valence-corrected chi connectivity index (χ0v) is 12.0. The summed E-state index contributed by atoms with van der Waals surface area (Å²) in [5.41, 5.74) is 7.37. The fourth-order valence-corrected chi connectivity index (χ4v) is 2.25. The van der Waals surface area contributed by atoms with Crippen LogP contribution < -0.4 is 16.4 Å². The molecule has 4 rings (SSSR count). The third-order valence-electron chi connectivity index (χ3n) is 3.22. The number of carbonyl (C=O) groups is 1. The van der Waals surface area contributed by atoms with E-state index in [9.17, 15) is 9.18 Å². The molecule has 0 bridgehead atoms. The van der Waals surface area contributed by atoms with Crippen LogP contribution in [0.15, 0.2) is 45.2 Å². The van der Waals surface area contributed by atoms with Crippen LogP contribution in [0.3, 0.4) is 0 Å². The molecule has 0 saturated heterocycles. The van der Waals surface area contributed by atoms with Gasteiger partial charge in [-0.25, -0.2) is 9.18 Å². The number of hydrogen-bond acceptors (Lipinski definition) is 6. The molecule has 8 nitrogen and oxygen atoms in total. The number of rotatable bonds is 3. The van der Waals surface area contributed by atoms with Gasteiger partial charge in [-0.1, -0.05) is 0 Å². The summed E-state index contributed by atoms with van der Waals surface area (Å²) in [6.45, 7) is 0. The van der Waals surface area contributed by atoms with Crippen molar-refractivity contribution >= 4 is 45.9 Å². The predicted octanol–water partition coefficient (Wildman–Crippen LogP) is 3.34. The summed E-state index contributed by atoms with van der Waals surface area (Å²) in [4.78, 5) is 19.2. The number of halogens is 1. The van der Waals surface area contributed by atoms with Crippen LogP contribution in [0.25, 0.3) is 22.2 Å². The van der Waals surface area contributed by atoms with Gasteiger partial charge >= 0.3 is 18.1 Å². The largest absolute Gasteiger partial charge is 0.423 e. The Hall–Kier alpha value is -3.62. The van der Waals surface area contributed by atoms with Crippen LogP contribution in [0.1, 0.15) is 0 Å². The molecule has 0 spiro atoms. The number of nitrogens with zero attached hydrogens (tertiary/aromatic N) is 2. The minimum atomic E-state index is -0.671. The van der Waals surface area contributed by atoms with Crippen molar-refractivity contribution < 1.29 is 18.0 Å². The second-order valence-corrected chi connectivity index (χ2v) is 4.95. The molecule has 0 aliphatic carbocycles. The molecule has 2 aromatic carbocycles. The molecule has 0 unspecified atom stereocenters. The first-order valence-corrected chi connectivity index (χ1v) is 6.87. The standard InChI is InChI=1S/C15H10FN5O3/c16-7-1-3-11-9(5-7)19-14(23-11)21-15-20-10-6-8(18-13(17)22)2-4-12(10)24-15/h1-6H,(H3,17,18,22)(H,19,20,21). The maximum Gasteiger partial charge on any atom is 0.316 e. The fraction of sp³-hybridized carbons (Fsp3) is 0. The van der Waals surface area contributed by atoms with Crippen molar-refractivity contribution in [3.63, 3.8) is 0 Å². The van der Waals surface area contributed by atoms with E-state index in [0.29, 0.717) is 27.9 Å². The van der Waals surface area contributed by atoms with Crippen LogP contribution in [-0.4, -0.2) is 16.0 Å². The Labute approximate surface area is 133 Å². The summed E-state index contributed by atoms with van der Waals surface area (Å²) in [7, 11) is 0. The van der Waals surface area contributed by atoms with E-state index in [-0.39, 0.29) is 12.0 Å². The van der Waals surface area contributed by atoms with E-state index >= 15 is 0 Å². The summed E-state index contributed by atoms with van der Waals surface area (Å²) in [6, 6.07) is 8.50. The molecule has 0 saturated carbocycles. The molecule has 2 amide bonds. The molecule has 4 N–H and O–H groups in total. The lowest BCUT2D eigenvalue weighted by atomic mass is 10.3. The van der Waals surface area contributed by atoms with Crippen molar-refractivity contribution in [3.8, 4) is 0 Å². The van der Waals surface area contributed by atoms with Crippen molar-refractivity contribution in [1.29, 1.82) is 0 Å². The molecule has 2 aromatic heterocycles. The lowest BCUT2D eigenvalue weighted by molar-refractivity contribution is 0.259. The molecule has 120 valence electrons. The highest BCUT2D eigenvalue weighted by Gasteiger charge is 2.12. The van der Waals surface area contributed by atoms with Gasteiger partial charge in [0.2, 0.25) is 0 Å². The Kier molecular flexibility index (Phi) is 3.05. The number of amides is 2. The number of fused-ring (bicyclic) bond motifs is 2. The average Bonchev–Trinajstić information content (AvgIpc) is 3.08. The van der Waals surface area contributed by atoms with Gasteiger partial charge in [0.05, 0.1) is 0 Å². The van der Waals surface area contributed by atoms with Crippen molar-refractivity contribution in [3.05, 3.63) is 42.2 Å². The predicted molar refractivity (Wildman–Crippen MR) is 84.5 cm³/mol. The smallest absolute Gasteiger partial charge is 0.316 e.